The molecule has 0 radical (unpaired) electrons. The van der Waals surface area contributed by atoms with E-state index in [0.717, 1.165) is 44.7 Å². The lowest BCUT2D eigenvalue weighted by Gasteiger charge is -2.32. The number of benzene rings is 1. The van der Waals surface area contributed by atoms with E-state index in [2.05, 4.69) is 29.0 Å². The van der Waals surface area contributed by atoms with Crippen molar-refractivity contribution in [3.05, 3.63) is 35.4 Å². The molecule has 0 spiro atoms. The highest BCUT2D eigenvalue weighted by atomic mass is 16.1. The molecule has 2 rings (SSSR count). The van der Waals surface area contributed by atoms with Crippen LogP contribution in [0.4, 0.5) is 0 Å². The van der Waals surface area contributed by atoms with Gasteiger partial charge in [-0.05, 0) is 25.6 Å². The summed E-state index contributed by atoms with van der Waals surface area (Å²) in [7, 11) is 2.18. The van der Waals surface area contributed by atoms with Crippen molar-refractivity contribution in [3.8, 4) is 0 Å². The lowest BCUT2D eigenvalue weighted by Crippen LogP contribution is -2.45. The standard InChI is InChI=1S/C16H25N3O/c1-18-10-12-19(13-11-18)9-7-14-2-4-15(5-3-14)16(20)6-8-17/h2-5H,6-13,17H2,1H3. The first kappa shape index (κ1) is 15.2. The van der Waals surface area contributed by atoms with Crippen molar-refractivity contribution in [2.24, 2.45) is 5.73 Å². The summed E-state index contributed by atoms with van der Waals surface area (Å²) in [6.45, 7) is 6.15. The van der Waals surface area contributed by atoms with E-state index in [4.69, 9.17) is 5.73 Å². The Kier molecular flexibility index (Phi) is 5.71. The van der Waals surface area contributed by atoms with Crippen LogP contribution in [0, 0.1) is 0 Å². The van der Waals surface area contributed by atoms with E-state index in [1.54, 1.807) is 0 Å². The second kappa shape index (κ2) is 7.53. The van der Waals surface area contributed by atoms with Gasteiger partial charge in [-0.1, -0.05) is 24.3 Å². The molecule has 20 heavy (non-hydrogen) atoms. The smallest absolute Gasteiger partial charge is 0.164 e. The molecule has 4 heteroatoms. The monoisotopic (exact) mass is 275 g/mol. The number of carbonyl (C=O) groups is 1. The fraction of sp³-hybridized carbons (Fsp3) is 0.562. The highest BCUT2D eigenvalue weighted by Crippen LogP contribution is 2.09. The van der Waals surface area contributed by atoms with E-state index in [9.17, 15) is 4.79 Å². The van der Waals surface area contributed by atoms with Crippen LogP contribution in [-0.2, 0) is 6.42 Å². The number of piperazine rings is 1. The van der Waals surface area contributed by atoms with E-state index in [1.807, 2.05) is 12.1 Å². The number of Topliss-reactive ketones (excluding diaryl/α,β-unsaturated/α-hetero) is 1. The van der Waals surface area contributed by atoms with Gasteiger partial charge in [0, 0.05) is 44.7 Å². The number of nitrogens with two attached hydrogens (primary N) is 1. The number of hydrogen-bond donors (Lipinski definition) is 1. The van der Waals surface area contributed by atoms with Crippen molar-refractivity contribution in [2.75, 3.05) is 46.3 Å². The molecule has 0 unspecified atom stereocenters. The number of nitrogens with zero attached hydrogens (tertiary/aromatic N) is 2. The first-order valence-corrected chi connectivity index (χ1v) is 7.42. The molecule has 0 atom stereocenters. The van der Waals surface area contributed by atoms with Gasteiger partial charge in [0.2, 0.25) is 0 Å². The second-order valence-electron chi connectivity index (χ2n) is 5.55. The summed E-state index contributed by atoms with van der Waals surface area (Å²) >= 11 is 0. The van der Waals surface area contributed by atoms with Crippen LogP contribution in [0.1, 0.15) is 22.3 Å². The summed E-state index contributed by atoms with van der Waals surface area (Å²) in [5, 5.41) is 0. The van der Waals surface area contributed by atoms with Crippen molar-refractivity contribution in [3.63, 3.8) is 0 Å². The predicted octanol–water partition coefficient (Wildman–Crippen LogP) is 1.01. The average Bonchev–Trinajstić information content (AvgIpc) is 2.47. The minimum Gasteiger partial charge on any atom is -0.330 e. The summed E-state index contributed by atoms with van der Waals surface area (Å²) in [6, 6.07) is 7.99. The molecule has 4 nitrogen and oxygen atoms in total. The zero-order valence-corrected chi connectivity index (χ0v) is 12.3. The van der Waals surface area contributed by atoms with Crippen LogP contribution in [-0.4, -0.2) is 61.9 Å². The molecule has 2 N–H and O–H groups in total. The van der Waals surface area contributed by atoms with E-state index in [0.29, 0.717) is 13.0 Å². The summed E-state index contributed by atoms with van der Waals surface area (Å²) in [5.74, 6) is 0.137. The van der Waals surface area contributed by atoms with Crippen LogP contribution < -0.4 is 5.73 Å². The maximum Gasteiger partial charge on any atom is 0.164 e. The quantitative estimate of drug-likeness (QED) is 0.787. The number of carbonyl (C=O) groups excluding carboxylic acids is 1. The van der Waals surface area contributed by atoms with Crippen molar-refractivity contribution in [1.29, 1.82) is 0 Å². The van der Waals surface area contributed by atoms with Crippen LogP contribution >= 0.6 is 0 Å². The zero-order chi connectivity index (χ0) is 14.4. The van der Waals surface area contributed by atoms with Gasteiger partial charge in [0.15, 0.2) is 5.78 Å². The Labute approximate surface area is 121 Å². The van der Waals surface area contributed by atoms with E-state index >= 15 is 0 Å². The molecule has 0 amide bonds. The van der Waals surface area contributed by atoms with Gasteiger partial charge in [0.25, 0.3) is 0 Å². The Hall–Kier alpha value is -1.23. The van der Waals surface area contributed by atoms with Gasteiger partial charge in [-0.25, -0.2) is 0 Å². The lowest BCUT2D eigenvalue weighted by atomic mass is 10.0. The van der Waals surface area contributed by atoms with Gasteiger partial charge < -0.3 is 15.5 Å². The molecule has 1 saturated heterocycles. The molecule has 0 bridgehead atoms. The number of hydrogen-bond acceptors (Lipinski definition) is 4. The molecule has 110 valence electrons. The first-order chi connectivity index (χ1) is 9.69. The molecule has 1 aliphatic rings. The summed E-state index contributed by atoms with van der Waals surface area (Å²) < 4.78 is 0. The molecule has 0 aliphatic carbocycles. The summed E-state index contributed by atoms with van der Waals surface area (Å²) in [5.41, 5.74) is 7.48. The number of rotatable bonds is 6. The SMILES string of the molecule is CN1CCN(CCc2ccc(C(=O)CCN)cc2)CC1. The van der Waals surface area contributed by atoms with Gasteiger partial charge in [-0.3, -0.25) is 4.79 Å². The fourth-order valence-electron chi connectivity index (χ4n) is 2.49. The van der Waals surface area contributed by atoms with Crippen LogP contribution in [0.5, 0.6) is 0 Å². The van der Waals surface area contributed by atoms with E-state index < -0.39 is 0 Å². The van der Waals surface area contributed by atoms with Gasteiger partial charge in [0.1, 0.15) is 0 Å². The largest absolute Gasteiger partial charge is 0.330 e. The van der Waals surface area contributed by atoms with Gasteiger partial charge in [0.05, 0.1) is 0 Å². The van der Waals surface area contributed by atoms with E-state index in [-0.39, 0.29) is 5.78 Å². The third-order valence-electron chi connectivity index (χ3n) is 3.96. The second-order valence-corrected chi connectivity index (χ2v) is 5.55. The van der Waals surface area contributed by atoms with Crippen molar-refractivity contribution in [2.45, 2.75) is 12.8 Å². The topological polar surface area (TPSA) is 49.6 Å². The molecule has 0 aromatic heterocycles. The Morgan fingerprint density at radius 3 is 2.40 bits per heavy atom. The Morgan fingerprint density at radius 2 is 1.80 bits per heavy atom. The van der Waals surface area contributed by atoms with Crippen LogP contribution in [0.2, 0.25) is 0 Å². The molecular weight excluding hydrogens is 250 g/mol. The number of ketones is 1. The van der Waals surface area contributed by atoms with Gasteiger partial charge >= 0.3 is 0 Å². The first-order valence-electron chi connectivity index (χ1n) is 7.42. The molecule has 1 aromatic carbocycles. The van der Waals surface area contributed by atoms with Crippen LogP contribution in [0.15, 0.2) is 24.3 Å². The van der Waals surface area contributed by atoms with Crippen LogP contribution in [0.25, 0.3) is 0 Å². The molecule has 0 saturated carbocycles. The Morgan fingerprint density at radius 1 is 1.15 bits per heavy atom. The van der Waals surface area contributed by atoms with E-state index in [1.165, 1.54) is 5.56 Å². The van der Waals surface area contributed by atoms with Crippen LogP contribution in [0.3, 0.4) is 0 Å². The zero-order valence-electron chi connectivity index (χ0n) is 12.3. The number of likely N-dealkylation sites (N-methyl/N-ethyl adjacent to an activating group) is 1. The third kappa shape index (κ3) is 4.40. The maximum absolute atomic E-state index is 11.7. The van der Waals surface area contributed by atoms with Crippen molar-refractivity contribution >= 4 is 5.78 Å². The highest BCUT2D eigenvalue weighted by Gasteiger charge is 2.13. The van der Waals surface area contributed by atoms with Crippen molar-refractivity contribution < 1.29 is 4.79 Å². The molecule has 1 aliphatic heterocycles. The molecular formula is C16H25N3O. The summed E-state index contributed by atoms with van der Waals surface area (Å²) in [4.78, 5) is 16.6. The maximum atomic E-state index is 11.7. The minimum atomic E-state index is 0.137. The summed E-state index contributed by atoms with van der Waals surface area (Å²) in [6.07, 6.45) is 1.48. The average molecular weight is 275 g/mol. The molecule has 1 fully saturated rings. The highest BCUT2D eigenvalue weighted by molar-refractivity contribution is 5.96. The predicted molar refractivity (Wildman–Crippen MR) is 82.1 cm³/mol. The Bertz CT molecular complexity index is 422. The van der Waals surface area contributed by atoms with Crippen molar-refractivity contribution in [1.82, 2.24) is 9.80 Å². The molecule has 1 heterocycles. The third-order valence-corrected chi connectivity index (χ3v) is 3.96. The van der Waals surface area contributed by atoms with Gasteiger partial charge in [-0.15, -0.1) is 0 Å². The Balaban J connectivity index is 1.80. The lowest BCUT2D eigenvalue weighted by molar-refractivity contribution is 0.0985. The minimum absolute atomic E-state index is 0.137. The fourth-order valence-corrected chi connectivity index (χ4v) is 2.49. The molecule has 1 aromatic rings. The normalized spacial score (nSPS) is 17.3. The van der Waals surface area contributed by atoms with Gasteiger partial charge in [-0.2, -0.15) is 0 Å².